The van der Waals surface area contributed by atoms with E-state index in [0.717, 1.165) is 45.4 Å². The number of fused-ring (bicyclic) bond motifs is 1. The summed E-state index contributed by atoms with van der Waals surface area (Å²) >= 11 is 0. The molecule has 4 nitrogen and oxygen atoms in total. The van der Waals surface area contributed by atoms with E-state index in [-0.39, 0.29) is 5.82 Å². The smallest absolute Gasteiger partial charge is 0.141 e. The fourth-order valence-corrected chi connectivity index (χ4v) is 3.21. The molecule has 0 spiro atoms. The third kappa shape index (κ3) is 2.63. The first-order valence-corrected chi connectivity index (χ1v) is 8.14. The molecule has 0 aliphatic carbocycles. The number of aryl methyl sites for hydroxylation is 1. The summed E-state index contributed by atoms with van der Waals surface area (Å²) < 4.78 is 13.4. The summed E-state index contributed by atoms with van der Waals surface area (Å²) in [6.07, 6.45) is 4.36. The lowest BCUT2D eigenvalue weighted by molar-refractivity contribution is 0.628. The number of nitrogen functional groups attached to an aromatic ring is 1. The quantitative estimate of drug-likeness (QED) is 0.577. The van der Waals surface area contributed by atoms with Crippen LogP contribution in [0.2, 0.25) is 0 Å². The van der Waals surface area contributed by atoms with Gasteiger partial charge in [-0.05, 0) is 65.6 Å². The number of aromatic amines is 1. The molecule has 3 N–H and O–H groups in total. The Bertz CT molecular complexity index is 1040. The van der Waals surface area contributed by atoms with Gasteiger partial charge >= 0.3 is 0 Å². The average Bonchev–Trinajstić information content (AvgIpc) is 3.01. The minimum absolute atomic E-state index is 0.262. The van der Waals surface area contributed by atoms with Crippen LogP contribution in [0.25, 0.3) is 33.4 Å². The monoisotopic (exact) mass is 332 g/mol. The van der Waals surface area contributed by atoms with Gasteiger partial charge in [-0.15, -0.1) is 0 Å². The van der Waals surface area contributed by atoms with E-state index < -0.39 is 0 Å². The molecule has 5 heteroatoms. The predicted octanol–water partition coefficient (Wildman–Crippen LogP) is 4.58. The van der Waals surface area contributed by atoms with Crippen LogP contribution < -0.4 is 5.73 Å². The summed E-state index contributed by atoms with van der Waals surface area (Å²) in [5.41, 5.74) is 11.7. The zero-order chi connectivity index (χ0) is 17.4. The van der Waals surface area contributed by atoms with E-state index in [1.165, 1.54) is 12.1 Å². The molecule has 3 aromatic heterocycles. The highest BCUT2D eigenvalue weighted by Gasteiger charge is 2.19. The molecule has 25 heavy (non-hydrogen) atoms. The molecule has 0 fully saturated rings. The summed E-state index contributed by atoms with van der Waals surface area (Å²) in [5, 5.41) is 1.04. The second kappa shape index (κ2) is 6.02. The molecule has 1 aromatic carbocycles. The highest BCUT2D eigenvalue weighted by molar-refractivity contribution is 6.04. The first-order chi connectivity index (χ1) is 12.2. The Morgan fingerprint density at radius 2 is 1.76 bits per heavy atom. The standard InChI is InChI=1S/C20H17FN4/c1-2-12-11-16(22)24-20-18(12)17(13-7-9-23-10-8-13)19(25-20)14-3-5-15(21)6-4-14/h3-11H,2H2,1H3,(H3,22,24,25). The van der Waals surface area contributed by atoms with Gasteiger partial charge in [0, 0.05) is 23.3 Å². The van der Waals surface area contributed by atoms with Crippen molar-refractivity contribution in [1.82, 2.24) is 15.0 Å². The summed E-state index contributed by atoms with van der Waals surface area (Å²) in [4.78, 5) is 12.0. The Hall–Kier alpha value is -3.21. The fourth-order valence-electron chi connectivity index (χ4n) is 3.21. The van der Waals surface area contributed by atoms with Gasteiger partial charge in [0.25, 0.3) is 0 Å². The number of anilines is 1. The van der Waals surface area contributed by atoms with Gasteiger partial charge in [0.1, 0.15) is 17.3 Å². The van der Waals surface area contributed by atoms with Gasteiger partial charge in [0.15, 0.2) is 0 Å². The third-order valence-corrected chi connectivity index (χ3v) is 4.35. The first-order valence-electron chi connectivity index (χ1n) is 8.14. The summed E-state index contributed by atoms with van der Waals surface area (Å²) in [7, 11) is 0. The molecule has 3 heterocycles. The molecule has 4 aromatic rings. The van der Waals surface area contributed by atoms with Gasteiger partial charge in [0.05, 0.1) is 5.69 Å². The van der Waals surface area contributed by atoms with E-state index in [1.807, 2.05) is 18.2 Å². The van der Waals surface area contributed by atoms with Crippen molar-refractivity contribution in [2.75, 3.05) is 5.73 Å². The zero-order valence-electron chi connectivity index (χ0n) is 13.8. The van der Waals surface area contributed by atoms with Crippen molar-refractivity contribution in [2.24, 2.45) is 0 Å². The topological polar surface area (TPSA) is 67.6 Å². The Kier molecular flexibility index (Phi) is 3.69. The van der Waals surface area contributed by atoms with Gasteiger partial charge in [-0.25, -0.2) is 9.37 Å². The number of hydrogen-bond donors (Lipinski definition) is 2. The van der Waals surface area contributed by atoms with Crippen molar-refractivity contribution in [3.63, 3.8) is 0 Å². The number of nitrogens with zero attached hydrogens (tertiary/aromatic N) is 2. The molecule has 0 aliphatic heterocycles. The van der Waals surface area contributed by atoms with Gasteiger partial charge in [-0.3, -0.25) is 4.98 Å². The Morgan fingerprint density at radius 1 is 1.04 bits per heavy atom. The lowest BCUT2D eigenvalue weighted by Crippen LogP contribution is -1.94. The van der Waals surface area contributed by atoms with Crippen LogP contribution in [0.1, 0.15) is 12.5 Å². The SMILES string of the molecule is CCc1cc(N)nc2[nH]c(-c3ccc(F)cc3)c(-c3ccncc3)c12. The minimum Gasteiger partial charge on any atom is -0.384 e. The van der Waals surface area contributed by atoms with Crippen LogP contribution in [0.15, 0.2) is 54.9 Å². The molecule has 4 rings (SSSR count). The van der Waals surface area contributed by atoms with Crippen LogP contribution in [-0.4, -0.2) is 15.0 Å². The van der Waals surface area contributed by atoms with E-state index in [1.54, 1.807) is 24.5 Å². The number of nitrogens with one attached hydrogen (secondary N) is 1. The van der Waals surface area contributed by atoms with Gasteiger partial charge in [0.2, 0.25) is 0 Å². The Balaban J connectivity index is 2.10. The molecule has 0 saturated heterocycles. The van der Waals surface area contributed by atoms with Crippen molar-refractivity contribution in [2.45, 2.75) is 13.3 Å². The number of nitrogens with two attached hydrogens (primary N) is 1. The summed E-state index contributed by atoms with van der Waals surface area (Å²) in [6, 6.07) is 12.3. The zero-order valence-corrected chi connectivity index (χ0v) is 13.8. The number of halogens is 1. The van der Waals surface area contributed by atoms with Crippen molar-refractivity contribution in [1.29, 1.82) is 0 Å². The molecule has 0 atom stereocenters. The van der Waals surface area contributed by atoms with Crippen molar-refractivity contribution < 1.29 is 4.39 Å². The number of rotatable bonds is 3. The van der Waals surface area contributed by atoms with Crippen LogP contribution in [-0.2, 0) is 6.42 Å². The minimum atomic E-state index is -0.262. The molecular formula is C20H17FN4. The van der Waals surface area contributed by atoms with Crippen LogP contribution in [0.4, 0.5) is 10.2 Å². The fraction of sp³-hybridized carbons (Fsp3) is 0.100. The number of H-pyrrole nitrogens is 1. The number of hydrogen-bond acceptors (Lipinski definition) is 3. The number of pyridine rings is 2. The molecule has 0 bridgehead atoms. The molecule has 0 amide bonds. The van der Waals surface area contributed by atoms with Crippen molar-refractivity contribution in [3.8, 4) is 22.4 Å². The van der Waals surface area contributed by atoms with E-state index in [9.17, 15) is 4.39 Å². The molecular weight excluding hydrogens is 315 g/mol. The highest BCUT2D eigenvalue weighted by Crippen LogP contribution is 2.39. The van der Waals surface area contributed by atoms with Crippen LogP contribution in [0, 0.1) is 5.82 Å². The molecule has 0 unspecified atom stereocenters. The maximum atomic E-state index is 13.4. The van der Waals surface area contributed by atoms with Crippen molar-refractivity contribution in [3.05, 3.63) is 66.2 Å². The maximum absolute atomic E-state index is 13.4. The lowest BCUT2D eigenvalue weighted by atomic mass is 9.96. The van der Waals surface area contributed by atoms with E-state index in [0.29, 0.717) is 5.82 Å². The van der Waals surface area contributed by atoms with Gasteiger partial charge in [-0.1, -0.05) is 6.92 Å². The first kappa shape index (κ1) is 15.3. The Labute approximate surface area is 144 Å². The summed E-state index contributed by atoms with van der Waals surface area (Å²) in [6.45, 7) is 2.09. The highest BCUT2D eigenvalue weighted by atomic mass is 19.1. The van der Waals surface area contributed by atoms with Crippen LogP contribution in [0.3, 0.4) is 0 Å². The van der Waals surface area contributed by atoms with Crippen molar-refractivity contribution >= 4 is 16.9 Å². The largest absolute Gasteiger partial charge is 0.384 e. The predicted molar refractivity (Wildman–Crippen MR) is 98.5 cm³/mol. The van der Waals surface area contributed by atoms with Gasteiger partial charge in [-0.2, -0.15) is 0 Å². The van der Waals surface area contributed by atoms with E-state index >= 15 is 0 Å². The maximum Gasteiger partial charge on any atom is 0.141 e. The molecule has 0 saturated carbocycles. The lowest BCUT2D eigenvalue weighted by Gasteiger charge is -2.08. The Morgan fingerprint density at radius 3 is 2.44 bits per heavy atom. The average molecular weight is 332 g/mol. The molecule has 124 valence electrons. The molecule has 0 radical (unpaired) electrons. The summed E-state index contributed by atoms with van der Waals surface area (Å²) in [5.74, 6) is 0.222. The third-order valence-electron chi connectivity index (χ3n) is 4.35. The second-order valence-corrected chi connectivity index (χ2v) is 5.90. The van der Waals surface area contributed by atoms with Crippen LogP contribution in [0.5, 0.6) is 0 Å². The second-order valence-electron chi connectivity index (χ2n) is 5.90. The van der Waals surface area contributed by atoms with Crippen LogP contribution >= 0.6 is 0 Å². The van der Waals surface area contributed by atoms with Gasteiger partial charge < -0.3 is 10.7 Å². The normalized spacial score (nSPS) is 11.1. The number of aromatic nitrogens is 3. The van der Waals surface area contributed by atoms with E-state index in [2.05, 4.69) is 21.9 Å². The van der Waals surface area contributed by atoms with E-state index in [4.69, 9.17) is 5.73 Å². The molecule has 0 aliphatic rings. The number of benzene rings is 1.